The number of halogens is 2. The zero-order chi connectivity index (χ0) is 47.9. The predicted octanol–water partition coefficient (Wildman–Crippen LogP) is 8.52. The molecule has 3 aliphatic rings. The van der Waals surface area contributed by atoms with Gasteiger partial charge in [0.1, 0.15) is 12.1 Å². The van der Waals surface area contributed by atoms with E-state index in [4.69, 9.17) is 9.05 Å². The molecule has 1 unspecified atom stereocenters. The number of amides is 3. The number of fused-ring (bicyclic) bond motifs is 2. The first-order chi connectivity index (χ1) is 31.3. The number of carbonyl (C=O) groups is 5. The summed E-state index contributed by atoms with van der Waals surface area (Å²) in [4.78, 5) is 85.2. The van der Waals surface area contributed by atoms with Gasteiger partial charge in [0.15, 0.2) is 10.2 Å². The van der Waals surface area contributed by atoms with Crippen molar-refractivity contribution in [2.45, 2.75) is 109 Å². The van der Waals surface area contributed by atoms with Gasteiger partial charge in [0.05, 0.1) is 30.1 Å². The first-order valence-electron chi connectivity index (χ1n) is 22.4. The predicted molar refractivity (Wildman–Crippen MR) is 252 cm³/mol. The van der Waals surface area contributed by atoms with Gasteiger partial charge in [-0.1, -0.05) is 70.6 Å². The molecule has 20 heteroatoms. The molecule has 66 heavy (non-hydrogen) atoms. The number of hydrogen-bond acceptors (Lipinski definition) is 13. The second kappa shape index (κ2) is 22.5. The van der Waals surface area contributed by atoms with E-state index in [1.54, 1.807) is 15.9 Å². The minimum Gasteiger partial charge on any atom is -0.340 e. The standard InChI is InChI=1S/C46H58F2N5O9PS3/c1-27(2)19-41(55)64-17-15-61-63(60,62-16-18-65-42(56)20-28(3)4)46(47,48)33-9-12-38-31(21-33)22-39(66-38)43(57)51-35-8-6-7-29(5)36-10-11-37(53(36)44(35)58)45(59)52-25-32(24-49)34(26-52)30-13-14-50-40(54)23-30/h9,12-14,21-23,27-29,32,34-37H,6-8,10-11,15-20,25-26H2,1-5H3,(H,50,54)(H,51,57)/t29?,32-,34+,35-,36+,37-/m0/s1. The lowest BCUT2D eigenvalue weighted by atomic mass is 9.90. The summed E-state index contributed by atoms with van der Waals surface area (Å²) in [5, 5.41) is 12.8. The van der Waals surface area contributed by atoms with Crippen molar-refractivity contribution in [1.29, 1.82) is 5.26 Å². The van der Waals surface area contributed by atoms with E-state index in [-0.39, 0.29) is 105 Å². The van der Waals surface area contributed by atoms with Crippen LogP contribution in [-0.2, 0) is 38.5 Å². The van der Waals surface area contributed by atoms with Gasteiger partial charge < -0.3 is 29.1 Å². The summed E-state index contributed by atoms with van der Waals surface area (Å²) >= 11 is 2.82. The molecule has 3 saturated heterocycles. The molecule has 2 aromatic heterocycles. The summed E-state index contributed by atoms with van der Waals surface area (Å²) in [6.45, 7) is 9.01. The van der Waals surface area contributed by atoms with Crippen LogP contribution in [0.4, 0.5) is 8.78 Å². The summed E-state index contributed by atoms with van der Waals surface area (Å²) in [6.07, 6.45) is 4.80. The molecule has 3 amide bonds. The zero-order valence-electron chi connectivity index (χ0n) is 37.8. The van der Waals surface area contributed by atoms with Crippen LogP contribution in [0.2, 0.25) is 0 Å². The van der Waals surface area contributed by atoms with Gasteiger partial charge in [0, 0.05) is 71.9 Å². The maximum atomic E-state index is 16.5. The molecule has 3 fully saturated rings. The van der Waals surface area contributed by atoms with Crippen molar-refractivity contribution in [2.24, 2.45) is 23.7 Å². The molecule has 0 radical (unpaired) electrons. The molecule has 3 aromatic rings. The molecule has 14 nitrogen and oxygen atoms in total. The number of nitriles is 1. The molecule has 358 valence electrons. The lowest BCUT2D eigenvalue weighted by Gasteiger charge is -2.39. The largest absolute Gasteiger partial charge is 0.404 e. The van der Waals surface area contributed by atoms with E-state index in [1.165, 1.54) is 24.4 Å². The van der Waals surface area contributed by atoms with Crippen LogP contribution in [0.5, 0.6) is 0 Å². The van der Waals surface area contributed by atoms with Crippen molar-refractivity contribution >= 4 is 80.5 Å². The van der Waals surface area contributed by atoms with Crippen LogP contribution in [0.15, 0.2) is 47.4 Å². The molecule has 0 aliphatic carbocycles. The lowest BCUT2D eigenvalue weighted by molar-refractivity contribution is -0.147. The Bertz CT molecular complexity index is 2390. The fourth-order valence-electron chi connectivity index (χ4n) is 8.92. The van der Waals surface area contributed by atoms with Crippen molar-refractivity contribution in [1.82, 2.24) is 20.1 Å². The Balaban J connectivity index is 1.17. The highest BCUT2D eigenvalue weighted by Crippen LogP contribution is 2.67. The van der Waals surface area contributed by atoms with Crippen molar-refractivity contribution in [3.8, 4) is 6.07 Å². The number of carbonyl (C=O) groups excluding carboxylic acids is 5. The normalized spacial score (nSPS) is 22.6. The SMILES string of the molecule is CC(C)CC(=O)SCCOP(=O)(OCCSC(=O)CC(C)C)C(F)(F)c1ccc2sc(C(=O)N[C@H]3CCCC(C)[C@H]4CC[C@@H](C(=O)N5C[C@H](c6cc[nH]c(=O)c6)[C@@H](C#N)C5)N4C3=O)cc2c1. The first-order valence-corrected chi connectivity index (χ1v) is 26.8. The van der Waals surface area contributed by atoms with Crippen LogP contribution in [0.3, 0.4) is 0 Å². The number of H-pyrrole nitrogens is 1. The van der Waals surface area contributed by atoms with Crippen LogP contribution >= 0.6 is 42.5 Å². The van der Waals surface area contributed by atoms with Crippen LogP contribution < -0.4 is 10.9 Å². The van der Waals surface area contributed by atoms with Gasteiger partial charge in [-0.15, -0.1) is 11.3 Å². The van der Waals surface area contributed by atoms with Gasteiger partial charge >= 0.3 is 13.3 Å². The number of nitrogens with zero attached hydrogens (tertiary/aromatic N) is 3. The molecule has 6 atom stereocenters. The highest BCUT2D eigenvalue weighted by Gasteiger charge is 2.55. The topological polar surface area (TPSA) is 196 Å². The number of benzene rings is 1. The van der Waals surface area contributed by atoms with Crippen LogP contribution in [0.25, 0.3) is 10.1 Å². The molecule has 6 rings (SSSR count). The molecule has 2 N–H and O–H groups in total. The van der Waals surface area contributed by atoms with E-state index < -0.39 is 55.9 Å². The molecule has 1 aromatic carbocycles. The number of aromatic amines is 1. The number of rotatable bonds is 18. The van der Waals surface area contributed by atoms with Crippen molar-refractivity contribution in [3.05, 3.63) is 69.0 Å². The number of pyridine rings is 1. The van der Waals surface area contributed by atoms with E-state index >= 15 is 8.78 Å². The third-order valence-electron chi connectivity index (χ3n) is 12.2. The molecule has 0 bridgehead atoms. The van der Waals surface area contributed by atoms with Gasteiger partial charge in [-0.05, 0) is 78.7 Å². The van der Waals surface area contributed by atoms with Crippen LogP contribution in [-0.4, -0.2) is 98.7 Å². The molecule has 0 spiro atoms. The number of thiophene rings is 1. The quantitative estimate of drug-likeness (QED) is 0.0912. The Kier molecular flexibility index (Phi) is 17.5. The monoisotopic (exact) mass is 989 g/mol. The molecule has 0 saturated carbocycles. The smallest absolute Gasteiger partial charge is 0.340 e. The van der Waals surface area contributed by atoms with Crippen LogP contribution in [0.1, 0.15) is 106 Å². The Morgan fingerprint density at radius 1 is 0.955 bits per heavy atom. The van der Waals surface area contributed by atoms with Gasteiger partial charge in [0.25, 0.3) is 5.91 Å². The third-order valence-corrected chi connectivity index (χ3v) is 17.0. The highest BCUT2D eigenvalue weighted by molar-refractivity contribution is 8.13. The van der Waals surface area contributed by atoms with E-state index in [9.17, 15) is 38.6 Å². The number of alkyl halides is 2. The average molecular weight is 990 g/mol. The van der Waals surface area contributed by atoms with E-state index in [0.717, 1.165) is 53.4 Å². The minimum absolute atomic E-state index is 0.0307. The fraction of sp³-hybridized carbons (Fsp3) is 0.587. The van der Waals surface area contributed by atoms with E-state index in [0.29, 0.717) is 35.9 Å². The third kappa shape index (κ3) is 12.2. The number of nitrogens with one attached hydrogen (secondary N) is 2. The summed E-state index contributed by atoms with van der Waals surface area (Å²) in [7, 11) is -5.26. The number of thioether (sulfide) groups is 2. The lowest BCUT2D eigenvalue weighted by Crippen LogP contribution is -2.57. The number of aromatic nitrogens is 1. The Morgan fingerprint density at radius 3 is 2.24 bits per heavy atom. The van der Waals surface area contributed by atoms with Crippen molar-refractivity contribution < 1.29 is 46.4 Å². The molecule has 5 heterocycles. The zero-order valence-corrected chi connectivity index (χ0v) is 41.1. The van der Waals surface area contributed by atoms with Crippen LogP contribution in [0, 0.1) is 35.0 Å². The van der Waals surface area contributed by atoms with E-state index in [2.05, 4.69) is 23.3 Å². The summed E-state index contributed by atoms with van der Waals surface area (Å²) < 4.78 is 58.2. The number of likely N-dealkylation sites (tertiary alicyclic amines) is 1. The van der Waals surface area contributed by atoms with Crippen molar-refractivity contribution in [3.63, 3.8) is 0 Å². The van der Waals surface area contributed by atoms with Crippen molar-refractivity contribution in [2.75, 3.05) is 37.8 Å². The number of hydrogen-bond donors (Lipinski definition) is 2. The maximum absolute atomic E-state index is 16.5. The first kappa shape index (κ1) is 51.5. The second-order valence-corrected chi connectivity index (χ2v) is 23.6. The highest BCUT2D eigenvalue weighted by atomic mass is 32.2. The summed E-state index contributed by atoms with van der Waals surface area (Å²) in [6, 6.07) is 8.45. The Morgan fingerprint density at radius 2 is 1.62 bits per heavy atom. The second-order valence-electron chi connectivity index (χ2n) is 18.1. The minimum atomic E-state index is -5.26. The summed E-state index contributed by atoms with van der Waals surface area (Å²) in [5.41, 5.74) is -4.50. The summed E-state index contributed by atoms with van der Waals surface area (Å²) in [5.74, 6) is -1.95. The average Bonchev–Trinajstić information content (AvgIpc) is 4.02. The molecular formula is C46H58F2N5O9PS3. The van der Waals surface area contributed by atoms with Gasteiger partial charge in [-0.3, -0.25) is 33.3 Å². The van der Waals surface area contributed by atoms with E-state index in [1.807, 2.05) is 27.7 Å². The molecular weight excluding hydrogens is 932 g/mol. The van der Waals surface area contributed by atoms with Gasteiger partial charge in [-0.25, -0.2) is 0 Å². The van der Waals surface area contributed by atoms with Gasteiger partial charge in [0.2, 0.25) is 17.4 Å². The van der Waals surface area contributed by atoms with Gasteiger partial charge in [-0.2, -0.15) is 14.0 Å². The Hall–Kier alpha value is -3.92. The Labute approximate surface area is 396 Å². The fourth-order valence-corrected chi connectivity index (χ4v) is 13.3. The maximum Gasteiger partial charge on any atom is 0.404 e. The molecule has 3 aliphatic heterocycles.